The minimum absolute atomic E-state index is 0.0396. The van der Waals surface area contributed by atoms with E-state index in [1.807, 2.05) is 27.7 Å². The highest BCUT2D eigenvalue weighted by molar-refractivity contribution is 7.87. The van der Waals surface area contributed by atoms with Crippen LogP contribution < -0.4 is 9.44 Å². The van der Waals surface area contributed by atoms with Crippen LogP contribution in [0.1, 0.15) is 27.7 Å². The predicted molar refractivity (Wildman–Crippen MR) is 60.6 cm³/mol. The van der Waals surface area contributed by atoms with Crippen molar-refractivity contribution in [3.8, 4) is 0 Å². The lowest BCUT2D eigenvalue weighted by molar-refractivity contribution is 0.129. The van der Waals surface area contributed by atoms with Crippen LogP contribution in [0.15, 0.2) is 0 Å². The van der Waals surface area contributed by atoms with Crippen LogP contribution in [-0.4, -0.2) is 32.7 Å². The maximum Gasteiger partial charge on any atom is 0.277 e. The van der Waals surface area contributed by atoms with Crippen molar-refractivity contribution in [3.05, 3.63) is 0 Å². The van der Waals surface area contributed by atoms with Crippen molar-refractivity contribution in [2.45, 2.75) is 33.8 Å². The van der Waals surface area contributed by atoms with Gasteiger partial charge in [0, 0.05) is 13.1 Å². The third kappa shape index (κ3) is 7.72. The van der Waals surface area contributed by atoms with Gasteiger partial charge >= 0.3 is 0 Å². The van der Waals surface area contributed by atoms with Crippen LogP contribution in [0.2, 0.25) is 0 Å². The molecule has 15 heavy (non-hydrogen) atoms. The molecule has 0 rings (SSSR count). The Labute approximate surface area is 92.4 Å². The lowest BCUT2D eigenvalue weighted by Crippen LogP contribution is -2.42. The van der Waals surface area contributed by atoms with E-state index in [4.69, 9.17) is 0 Å². The Kier molecular flexibility index (Phi) is 6.35. The van der Waals surface area contributed by atoms with Crippen molar-refractivity contribution in [2.24, 2.45) is 11.8 Å². The molecular formula is C9H22N2O3S. The first kappa shape index (κ1) is 14.8. The Bertz CT molecular complexity index is 263. The smallest absolute Gasteiger partial charge is 0.277 e. The molecule has 0 heterocycles. The average molecular weight is 238 g/mol. The van der Waals surface area contributed by atoms with Gasteiger partial charge in [0.1, 0.15) is 0 Å². The van der Waals surface area contributed by atoms with E-state index in [-0.39, 0.29) is 18.4 Å². The molecule has 0 aliphatic rings. The van der Waals surface area contributed by atoms with Crippen LogP contribution >= 0.6 is 0 Å². The Hall–Kier alpha value is -0.170. The Morgan fingerprint density at radius 3 is 1.93 bits per heavy atom. The molecule has 0 aromatic rings. The highest BCUT2D eigenvalue weighted by Gasteiger charge is 2.14. The van der Waals surface area contributed by atoms with Gasteiger partial charge in [0.05, 0.1) is 6.10 Å². The normalized spacial score (nSPS) is 14.9. The standard InChI is InChI=1S/C9H22N2O3S/c1-7(2)5-10-15(13,14)11-6-9(12)8(3)4/h7-12H,5-6H2,1-4H3. The second kappa shape index (κ2) is 6.42. The molecule has 5 nitrogen and oxygen atoms in total. The summed E-state index contributed by atoms with van der Waals surface area (Å²) in [5, 5.41) is 9.41. The summed E-state index contributed by atoms with van der Waals surface area (Å²) in [6.45, 7) is 7.95. The second-order valence-corrected chi connectivity index (χ2v) is 5.99. The van der Waals surface area contributed by atoms with Crippen molar-refractivity contribution in [1.82, 2.24) is 9.44 Å². The molecule has 1 atom stereocenters. The van der Waals surface area contributed by atoms with Crippen LogP contribution in [-0.2, 0) is 10.2 Å². The average Bonchev–Trinajstić information content (AvgIpc) is 2.11. The van der Waals surface area contributed by atoms with Gasteiger partial charge < -0.3 is 5.11 Å². The molecular weight excluding hydrogens is 216 g/mol. The molecule has 3 N–H and O–H groups in total. The maximum absolute atomic E-state index is 11.3. The molecule has 0 aromatic heterocycles. The zero-order valence-electron chi connectivity index (χ0n) is 9.82. The van der Waals surface area contributed by atoms with Crippen LogP contribution in [0.25, 0.3) is 0 Å². The number of hydrogen-bond acceptors (Lipinski definition) is 3. The minimum atomic E-state index is -3.47. The SMILES string of the molecule is CC(C)CNS(=O)(=O)NCC(O)C(C)C. The Morgan fingerprint density at radius 2 is 1.53 bits per heavy atom. The van der Waals surface area contributed by atoms with Gasteiger partial charge in [0.2, 0.25) is 0 Å². The van der Waals surface area contributed by atoms with Crippen molar-refractivity contribution in [2.75, 3.05) is 13.1 Å². The lowest BCUT2D eigenvalue weighted by atomic mass is 10.1. The van der Waals surface area contributed by atoms with Gasteiger partial charge in [-0.1, -0.05) is 27.7 Å². The van der Waals surface area contributed by atoms with Gasteiger partial charge in [-0.15, -0.1) is 0 Å². The monoisotopic (exact) mass is 238 g/mol. The topological polar surface area (TPSA) is 78.4 Å². The quantitative estimate of drug-likeness (QED) is 0.588. The van der Waals surface area contributed by atoms with Gasteiger partial charge in [-0.3, -0.25) is 0 Å². The van der Waals surface area contributed by atoms with Crippen LogP contribution in [0, 0.1) is 11.8 Å². The molecule has 0 bridgehead atoms. The number of aliphatic hydroxyl groups is 1. The lowest BCUT2D eigenvalue weighted by Gasteiger charge is -2.16. The van der Waals surface area contributed by atoms with E-state index in [2.05, 4.69) is 9.44 Å². The number of rotatable bonds is 7. The Balaban J connectivity index is 3.94. The van der Waals surface area contributed by atoms with Crippen LogP contribution in [0.5, 0.6) is 0 Å². The van der Waals surface area contributed by atoms with Gasteiger partial charge in [0.25, 0.3) is 10.2 Å². The fourth-order valence-corrected chi connectivity index (χ4v) is 1.80. The summed E-state index contributed by atoms with van der Waals surface area (Å²) < 4.78 is 27.4. The van der Waals surface area contributed by atoms with Crippen molar-refractivity contribution in [1.29, 1.82) is 0 Å². The molecule has 0 amide bonds. The van der Waals surface area contributed by atoms with E-state index in [9.17, 15) is 13.5 Å². The van der Waals surface area contributed by atoms with E-state index < -0.39 is 16.3 Å². The van der Waals surface area contributed by atoms with Gasteiger partial charge in [-0.05, 0) is 11.8 Å². The first-order valence-electron chi connectivity index (χ1n) is 5.17. The zero-order valence-corrected chi connectivity index (χ0v) is 10.6. The van der Waals surface area contributed by atoms with Crippen LogP contribution in [0.4, 0.5) is 0 Å². The predicted octanol–water partition coefficient (Wildman–Crippen LogP) is 0.0833. The molecule has 0 saturated heterocycles. The summed E-state index contributed by atoms with van der Waals surface area (Å²) in [6.07, 6.45) is -0.652. The highest BCUT2D eigenvalue weighted by atomic mass is 32.2. The fourth-order valence-electron chi connectivity index (χ4n) is 0.758. The van der Waals surface area contributed by atoms with Gasteiger partial charge in [0.15, 0.2) is 0 Å². The minimum Gasteiger partial charge on any atom is -0.391 e. The largest absolute Gasteiger partial charge is 0.391 e. The number of nitrogens with one attached hydrogen (secondary N) is 2. The number of aliphatic hydroxyl groups excluding tert-OH is 1. The van der Waals surface area contributed by atoms with E-state index >= 15 is 0 Å². The van der Waals surface area contributed by atoms with E-state index in [0.29, 0.717) is 6.54 Å². The van der Waals surface area contributed by atoms with E-state index in [1.165, 1.54) is 0 Å². The van der Waals surface area contributed by atoms with Gasteiger partial charge in [-0.2, -0.15) is 13.1 Å². The summed E-state index contributed by atoms with van der Waals surface area (Å²) in [4.78, 5) is 0. The summed E-state index contributed by atoms with van der Waals surface area (Å²) in [5.74, 6) is 0.300. The van der Waals surface area contributed by atoms with E-state index in [0.717, 1.165) is 0 Å². The van der Waals surface area contributed by atoms with Crippen molar-refractivity contribution < 1.29 is 13.5 Å². The van der Waals surface area contributed by atoms with Crippen LogP contribution in [0.3, 0.4) is 0 Å². The first-order chi connectivity index (χ1) is 6.74. The zero-order chi connectivity index (χ0) is 12.1. The second-order valence-electron chi connectivity index (χ2n) is 4.41. The highest BCUT2D eigenvalue weighted by Crippen LogP contribution is 1.99. The summed E-state index contributed by atoms with van der Waals surface area (Å²) >= 11 is 0. The molecule has 0 saturated carbocycles. The summed E-state index contributed by atoms with van der Waals surface area (Å²) in [7, 11) is -3.47. The fraction of sp³-hybridized carbons (Fsp3) is 1.00. The Morgan fingerprint density at radius 1 is 1.07 bits per heavy atom. The van der Waals surface area contributed by atoms with Crippen molar-refractivity contribution >= 4 is 10.2 Å². The molecule has 0 radical (unpaired) electrons. The van der Waals surface area contributed by atoms with Crippen molar-refractivity contribution in [3.63, 3.8) is 0 Å². The molecule has 0 aromatic carbocycles. The molecule has 0 aliphatic carbocycles. The molecule has 0 spiro atoms. The third-order valence-electron chi connectivity index (χ3n) is 1.93. The van der Waals surface area contributed by atoms with E-state index in [1.54, 1.807) is 0 Å². The van der Waals surface area contributed by atoms with Gasteiger partial charge in [-0.25, -0.2) is 4.72 Å². The maximum atomic E-state index is 11.3. The molecule has 0 aliphatic heterocycles. The summed E-state index contributed by atoms with van der Waals surface area (Å²) in [5.41, 5.74) is 0. The number of hydrogen-bond donors (Lipinski definition) is 3. The third-order valence-corrected chi connectivity index (χ3v) is 3.03. The molecule has 6 heteroatoms. The molecule has 92 valence electrons. The molecule has 1 unspecified atom stereocenters. The first-order valence-corrected chi connectivity index (χ1v) is 6.65. The molecule has 0 fully saturated rings. The summed E-state index contributed by atoms with van der Waals surface area (Å²) in [6, 6.07) is 0.